The van der Waals surface area contributed by atoms with Crippen molar-refractivity contribution in [1.82, 2.24) is 14.8 Å². The molecule has 1 aromatic carbocycles. The van der Waals surface area contributed by atoms with E-state index in [0.29, 0.717) is 45.6 Å². The first-order valence-electron chi connectivity index (χ1n) is 10.2. The highest BCUT2D eigenvalue weighted by molar-refractivity contribution is 5.82. The molecule has 0 N–H and O–H groups in total. The first-order chi connectivity index (χ1) is 14.1. The monoisotopic (exact) mass is 395 g/mol. The number of rotatable bonds is 7. The number of pyridine rings is 1. The molecule has 2 amide bonds. The summed E-state index contributed by atoms with van der Waals surface area (Å²) < 4.78 is 5.05. The molecule has 1 aromatic heterocycles. The molecule has 1 saturated heterocycles. The van der Waals surface area contributed by atoms with E-state index in [2.05, 4.69) is 23.2 Å². The first-order valence-corrected chi connectivity index (χ1v) is 10.2. The van der Waals surface area contributed by atoms with E-state index in [-0.39, 0.29) is 17.7 Å². The number of likely N-dealkylation sites (N-methyl/N-ethyl adjacent to an activating group) is 1. The highest BCUT2D eigenvalue weighted by atomic mass is 16.5. The lowest BCUT2D eigenvalue weighted by Gasteiger charge is -2.23. The summed E-state index contributed by atoms with van der Waals surface area (Å²) in [6.45, 7) is 4.67. The van der Waals surface area contributed by atoms with Crippen molar-refractivity contribution in [2.75, 3.05) is 39.9 Å². The lowest BCUT2D eigenvalue weighted by Crippen LogP contribution is -2.38. The average molecular weight is 396 g/mol. The van der Waals surface area contributed by atoms with E-state index < -0.39 is 0 Å². The second kappa shape index (κ2) is 10.2. The molecular formula is C23H29N3O3. The van der Waals surface area contributed by atoms with Crippen LogP contribution in [0.25, 0.3) is 11.1 Å². The molecule has 1 fully saturated rings. The normalized spacial score (nSPS) is 17.3. The lowest BCUT2D eigenvalue weighted by atomic mass is 9.95. The minimum atomic E-state index is -0.239. The van der Waals surface area contributed by atoms with Crippen molar-refractivity contribution in [3.63, 3.8) is 0 Å². The third-order valence-electron chi connectivity index (χ3n) is 5.42. The predicted molar refractivity (Wildman–Crippen MR) is 112 cm³/mol. The van der Waals surface area contributed by atoms with E-state index in [1.807, 2.05) is 34.9 Å². The van der Waals surface area contributed by atoms with Gasteiger partial charge in [-0.25, -0.2) is 0 Å². The van der Waals surface area contributed by atoms with E-state index in [9.17, 15) is 9.59 Å². The summed E-state index contributed by atoms with van der Waals surface area (Å²) in [4.78, 5) is 33.4. The minimum absolute atomic E-state index is 0.0492. The second-order valence-corrected chi connectivity index (χ2v) is 7.34. The molecule has 0 aliphatic carbocycles. The Hall–Kier alpha value is -2.73. The zero-order chi connectivity index (χ0) is 20.6. The predicted octanol–water partition coefficient (Wildman–Crippen LogP) is 2.63. The van der Waals surface area contributed by atoms with E-state index in [0.717, 1.165) is 16.7 Å². The van der Waals surface area contributed by atoms with Crippen LogP contribution in [-0.4, -0.2) is 66.5 Å². The molecular weight excluding hydrogens is 366 g/mol. The fraction of sp³-hybridized carbons (Fsp3) is 0.435. The van der Waals surface area contributed by atoms with Gasteiger partial charge in [-0.05, 0) is 42.2 Å². The van der Waals surface area contributed by atoms with Crippen LogP contribution < -0.4 is 0 Å². The summed E-state index contributed by atoms with van der Waals surface area (Å²) in [6.07, 6.45) is 4.52. The molecule has 1 atom stereocenters. The Morgan fingerprint density at radius 2 is 1.97 bits per heavy atom. The molecule has 0 bridgehead atoms. The van der Waals surface area contributed by atoms with Crippen LogP contribution in [-0.2, 0) is 20.7 Å². The summed E-state index contributed by atoms with van der Waals surface area (Å²) in [6, 6.07) is 12.2. The SMILES string of the molecule is CCN1CCN(C(=O)CCOC)C[C@H](Cc2cccc(-c3ccncc3)c2)C1=O. The van der Waals surface area contributed by atoms with Crippen molar-refractivity contribution in [2.24, 2.45) is 5.92 Å². The van der Waals surface area contributed by atoms with E-state index >= 15 is 0 Å². The minimum Gasteiger partial charge on any atom is -0.384 e. The molecule has 2 aromatic rings. The van der Waals surface area contributed by atoms with Crippen molar-refractivity contribution >= 4 is 11.8 Å². The van der Waals surface area contributed by atoms with Gasteiger partial charge < -0.3 is 14.5 Å². The molecule has 0 unspecified atom stereocenters. The van der Waals surface area contributed by atoms with E-state index in [4.69, 9.17) is 4.74 Å². The first kappa shape index (κ1) is 21.0. The molecule has 1 aliphatic heterocycles. The van der Waals surface area contributed by atoms with E-state index in [1.54, 1.807) is 19.5 Å². The smallest absolute Gasteiger partial charge is 0.227 e. The van der Waals surface area contributed by atoms with Crippen molar-refractivity contribution in [3.8, 4) is 11.1 Å². The Morgan fingerprint density at radius 3 is 2.69 bits per heavy atom. The van der Waals surface area contributed by atoms with Gasteiger partial charge in [-0.1, -0.05) is 24.3 Å². The van der Waals surface area contributed by atoms with Gasteiger partial charge in [-0.3, -0.25) is 14.6 Å². The van der Waals surface area contributed by atoms with Crippen molar-refractivity contribution in [1.29, 1.82) is 0 Å². The Bertz CT molecular complexity index is 825. The van der Waals surface area contributed by atoms with Gasteiger partial charge in [0.05, 0.1) is 18.9 Å². The van der Waals surface area contributed by atoms with Crippen molar-refractivity contribution in [2.45, 2.75) is 19.8 Å². The Labute approximate surface area is 172 Å². The largest absolute Gasteiger partial charge is 0.384 e. The molecule has 0 radical (unpaired) electrons. The summed E-state index contributed by atoms with van der Waals surface area (Å²) >= 11 is 0. The van der Waals surface area contributed by atoms with Crippen LogP contribution >= 0.6 is 0 Å². The van der Waals surface area contributed by atoms with Crippen molar-refractivity contribution in [3.05, 3.63) is 54.4 Å². The van der Waals surface area contributed by atoms with Crippen LogP contribution in [0.5, 0.6) is 0 Å². The summed E-state index contributed by atoms with van der Waals surface area (Å²) in [5.74, 6) is -0.0615. The van der Waals surface area contributed by atoms with Crippen LogP contribution in [0.1, 0.15) is 18.9 Å². The number of ether oxygens (including phenoxy) is 1. The number of aromatic nitrogens is 1. The van der Waals surface area contributed by atoms with Crippen LogP contribution in [0.2, 0.25) is 0 Å². The fourth-order valence-corrected chi connectivity index (χ4v) is 3.79. The maximum Gasteiger partial charge on any atom is 0.227 e. The molecule has 2 heterocycles. The molecule has 29 heavy (non-hydrogen) atoms. The quantitative estimate of drug-likeness (QED) is 0.723. The van der Waals surface area contributed by atoms with Crippen LogP contribution in [0.15, 0.2) is 48.8 Å². The Morgan fingerprint density at radius 1 is 1.17 bits per heavy atom. The fourth-order valence-electron chi connectivity index (χ4n) is 3.79. The van der Waals surface area contributed by atoms with Gasteiger partial charge in [0, 0.05) is 45.7 Å². The van der Waals surface area contributed by atoms with Gasteiger partial charge in [-0.15, -0.1) is 0 Å². The molecule has 6 nitrogen and oxygen atoms in total. The molecule has 1 aliphatic rings. The highest BCUT2D eigenvalue weighted by Gasteiger charge is 2.31. The molecule has 6 heteroatoms. The maximum absolute atomic E-state index is 13.1. The van der Waals surface area contributed by atoms with Gasteiger partial charge in [0.2, 0.25) is 11.8 Å². The lowest BCUT2D eigenvalue weighted by molar-refractivity contribution is -0.135. The van der Waals surface area contributed by atoms with Crippen LogP contribution in [0.3, 0.4) is 0 Å². The van der Waals surface area contributed by atoms with Crippen LogP contribution in [0.4, 0.5) is 0 Å². The second-order valence-electron chi connectivity index (χ2n) is 7.34. The molecule has 3 rings (SSSR count). The van der Waals surface area contributed by atoms with Gasteiger partial charge in [-0.2, -0.15) is 0 Å². The van der Waals surface area contributed by atoms with Gasteiger partial charge in [0.25, 0.3) is 0 Å². The third-order valence-corrected chi connectivity index (χ3v) is 5.42. The molecule has 0 saturated carbocycles. The topological polar surface area (TPSA) is 62.7 Å². The van der Waals surface area contributed by atoms with Gasteiger partial charge in [0.1, 0.15) is 0 Å². The summed E-state index contributed by atoms with van der Waals surface area (Å²) in [5.41, 5.74) is 3.30. The summed E-state index contributed by atoms with van der Waals surface area (Å²) in [5, 5.41) is 0. The molecule has 154 valence electrons. The highest BCUT2D eigenvalue weighted by Crippen LogP contribution is 2.23. The van der Waals surface area contributed by atoms with E-state index in [1.165, 1.54) is 0 Å². The number of benzene rings is 1. The number of carbonyl (C=O) groups excluding carboxylic acids is 2. The average Bonchev–Trinajstić information content (AvgIpc) is 2.92. The molecule has 0 spiro atoms. The maximum atomic E-state index is 13.1. The zero-order valence-corrected chi connectivity index (χ0v) is 17.2. The number of hydrogen-bond donors (Lipinski definition) is 0. The zero-order valence-electron chi connectivity index (χ0n) is 17.2. The van der Waals surface area contributed by atoms with Crippen molar-refractivity contribution < 1.29 is 14.3 Å². The number of amides is 2. The van der Waals surface area contributed by atoms with Gasteiger partial charge >= 0.3 is 0 Å². The van der Waals surface area contributed by atoms with Crippen LogP contribution in [0, 0.1) is 5.92 Å². The number of hydrogen-bond acceptors (Lipinski definition) is 4. The Balaban J connectivity index is 1.79. The van der Waals surface area contributed by atoms with Gasteiger partial charge in [0.15, 0.2) is 0 Å². The summed E-state index contributed by atoms with van der Waals surface area (Å²) in [7, 11) is 1.59. The third kappa shape index (κ3) is 5.41. The number of carbonyl (C=O) groups is 2. The number of nitrogens with zero attached hydrogens (tertiary/aromatic N) is 3. The number of methoxy groups -OCH3 is 1. The Kier molecular flexibility index (Phi) is 7.36. The standard InChI is InChI=1S/C23H29N3O3/c1-3-25-12-13-26(22(27)9-14-29-2)17-21(23(25)28)16-18-5-4-6-20(15-18)19-7-10-24-11-8-19/h4-8,10-11,15,21H,3,9,12-14,16-17H2,1-2H3/t21-/m0/s1.